The summed E-state index contributed by atoms with van der Waals surface area (Å²) in [5.74, 6) is 0.758. The lowest BCUT2D eigenvalue weighted by Gasteiger charge is -2.31. The summed E-state index contributed by atoms with van der Waals surface area (Å²) in [6, 6.07) is 10.00. The zero-order valence-electron chi connectivity index (χ0n) is 12.8. The van der Waals surface area contributed by atoms with Gasteiger partial charge in [0.05, 0.1) is 31.9 Å². The summed E-state index contributed by atoms with van der Waals surface area (Å²) in [6.07, 6.45) is 4.43. The van der Waals surface area contributed by atoms with E-state index in [0.717, 1.165) is 17.7 Å². The lowest BCUT2D eigenvalue weighted by atomic mass is 9.95. The highest BCUT2D eigenvalue weighted by atomic mass is 16.5. The number of hydrogen-bond donors (Lipinski definition) is 0. The number of amides is 1. The van der Waals surface area contributed by atoms with Crippen molar-refractivity contribution in [3.63, 3.8) is 0 Å². The first-order valence-electron chi connectivity index (χ1n) is 7.89. The van der Waals surface area contributed by atoms with Crippen molar-refractivity contribution in [2.45, 2.75) is 18.9 Å². The number of nitrogens with zero attached hydrogens (tertiary/aromatic N) is 2. The number of carbonyl (C=O) groups excluding carboxylic acids is 1. The van der Waals surface area contributed by atoms with Crippen LogP contribution in [-0.2, 0) is 16.0 Å². The molecule has 2 aliphatic heterocycles. The van der Waals surface area contributed by atoms with Crippen LogP contribution in [0.2, 0.25) is 0 Å². The Hall–Kier alpha value is -2.40. The molecule has 0 spiro atoms. The number of anilines is 1. The normalized spacial score (nSPS) is 19.5. The first-order valence-corrected chi connectivity index (χ1v) is 7.89. The third-order valence-electron chi connectivity index (χ3n) is 4.38. The topological polar surface area (TPSA) is 51.7 Å². The molecule has 0 saturated heterocycles. The van der Waals surface area contributed by atoms with Gasteiger partial charge in [0.25, 0.3) is 0 Å². The van der Waals surface area contributed by atoms with Crippen LogP contribution in [0.4, 0.5) is 5.69 Å². The molecule has 1 atom stereocenters. The summed E-state index contributed by atoms with van der Waals surface area (Å²) in [4.78, 5) is 18.7. The zero-order chi connectivity index (χ0) is 15.6. The van der Waals surface area contributed by atoms with Crippen LogP contribution >= 0.6 is 0 Å². The van der Waals surface area contributed by atoms with E-state index in [9.17, 15) is 4.79 Å². The molecule has 1 amide bonds. The molecule has 5 nitrogen and oxygen atoms in total. The molecular formula is C18H18N2O3. The third-order valence-corrected chi connectivity index (χ3v) is 4.38. The van der Waals surface area contributed by atoms with E-state index >= 15 is 0 Å². The van der Waals surface area contributed by atoms with Gasteiger partial charge in [-0.1, -0.05) is 24.3 Å². The molecule has 2 aromatic rings. The van der Waals surface area contributed by atoms with E-state index in [2.05, 4.69) is 17.1 Å². The first kappa shape index (κ1) is 14.2. The predicted molar refractivity (Wildman–Crippen MR) is 85.5 cm³/mol. The van der Waals surface area contributed by atoms with Crippen LogP contribution in [0.25, 0.3) is 0 Å². The molecule has 0 N–H and O–H groups in total. The summed E-state index contributed by atoms with van der Waals surface area (Å²) in [5.41, 5.74) is 3.15. The van der Waals surface area contributed by atoms with Crippen LogP contribution < -0.4 is 9.64 Å². The van der Waals surface area contributed by atoms with Gasteiger partial charge in [0, 0.05) is 12.3 Å². The molecule has 0 saturated carbocycles. The van der Waals surface area contributed by atoms with Crippen molar-refractivity contribution in [1.29, 1.82) is 0 Å². The standard InChI is InChI=1S/C18H18N2O3/c21-18(20-8-10-23-16-5-7-19-12-15(16)20)11-17-14-4-2-1-3-13(14)6-9-22-17/h1-5,7,12,17H,6,8-11H2. The van der Waals surface area contributed by atoms with Gasteiger partial charge in [0.1, 0.15) is 18.0 Å². The molecule has 118 valence electrons. The van der Waals surface area contributed by atoms with E-state index in [1.165, 1.54) is 5.56 Å². The molecule has 0 bridgehead atoms. The molecular weight excluding hydrogens is 292 g/mol. The van der Waals surface area contributed by atoms with E-state index < -0.39 is 0 Å². The van der Waals surface area contributed by atoms with Gasteiger partial charge in [-0.25, -0.2) is 0 Å². The Morgan fingerprint density at radius 2 is 2.17 bits per heavy atom. The van der Waals surface area contributed by atoms with Crippen LogP contribution in [0.15, 0.2) is 42.7 Å². The van der Waals surface area contributed by atoms with Gasteiger partial charge in [-0.3, -0.25) is 9.78 Å². The summed E-state index contributed by atoms with van der Waals surface area (Å²) in [5, 5.41) is 0. The Morgan fingerprint density at radius 1 is 1.26 bits per heavy atom. The fraction of sp³-hybridized carbons (Fsp3) is 0.333. The molecule has 23 heavy (non-hydrogen) atoms. The molecule has 0 aliphatic carbocycles. The van der Waals surface area contributed by atoms with Gasteiger partial charge in [0.2, 0.25) is 5.91 Å². The highest BCUT2D eigenvalue weighted by Crippen LogP contribution is 2.34. The highest BCUT2D eigenvalue weighted by molar-refractivity contribution is 5.95. The van der Waals surface area contributed by atoms with Crippen molar-refractivity contribution in [2.24, 2.45) is 0 Å². The number of carbonyl (C=O) groups is 1. The maximum Gasteiger partial charge on any atom is 0.230 e. The fourth-order valence-electron chi connectivity index (χ4n) is 3.24. The molecule has 0 radical (unpaired) electrons. The molecule has 3 heterocycles. The van der Waals surface area contributed by atoms with Gasteiger partial charge in [0.15, 0.2) is 0 Å². The third kappa shape index (κ3) is 2.68. The van der Waals surface area contributed by atoms with Crippen molar-refractivity contribution in [3.05, 3.63) is 53.9 Å². The quantitative estimate of drug-likeness (QED) is 0.855. The second-order valence-corrected chi connectivity index (χ2v) is 5.75. The predicted octanol–water partition coefficient (Wildman–Crippen LogP) is 2.51. The number of benzene rings is 1. The van der Waals surface area contributed by atoms with Crippen molar-refractivity contribution in [2.75, 3.05) is 24.7 Å². The number of aromatic nitrogens is 1. The first-order chi connectivity index (χ1) is 11.3. The van der Waals surface area contributed by atoms with E-state index in [4.69, 9.17) is 9.47 Å². The molecule has 1 aromatic heterocycles. The summed E-state index contributed by atoms with van der Waals surface area (Å²) < 4.78 is 11.4. The number of pyridine rings is 1. The smallest absolute Gasteiger partial charge is 0.230 e. The number of rotatable bonds is 2. The van der Waals surface area contributed by atoms with Crippen LogP contribution in [0.3, 0.4) is 0 Å². The Balaban J connectivity index is 1.56. The van der Waals surface area contributed by atoms with Gasteiger partial charge in [-0.2, -0.15) is 0 Å². The van der Waals surface area contributed by atoms with Crippen LogP contribution in [-0.4, -0.2) is 30.6 Å². The van der Waals surface area contributed by atoms with Crippen LogP contribution in [0.5, 0.6) is 5.75 Å². The molecule has 1 aromatic carbocycles. The average molecular weight is 310 g/mol. The number of fused-ring (bicyclic) bond motifs is 2. The second kappa shape index (κ2) is 6.01. The monoisotopic (exact) mass is 310 g/mol. The minimum Gasteiger partial charge on any atom is -0.489 e. The van der Waals surface area contributed by atoms with Crippen LogP contribution in [0.1, 0.15) is 23.7 Å². The SMILES string of the molecule is O=C(CC1OCCc2ccccc21)N1CCOc2ccncc21. The van der Waals surface area contributed by atoms with E-state index in [-0.39, 0.29) is 12.0 Å². The zero-order valence-corrected chi connectivity index (χ0v) is 12.8. The maximum absolute atomic E-state index is 12.8. The lowest BCUT2D eigenvalue weighted by molar-refractivity contribution is -0.122. The van der Waals surface area contributed by atoms with Crippen molar-refractivity contribution < 1.29 is 14.3 Å². The molecule has 4 rings (SSSR count). The molecule has 1 unspecified atom stereocenters. The van der Waals surface area contributed by atoms with E-state index in [1.807, 2.05) is 12.1 Å². The lowest BCUT2D eigenvalue weighted by Crippen LogP contribution is -2.39. The summed E-state index contributed by atoms with van der Waals surface area (Å²) in [7, 11) is 0. The van der Waals surface area contributed by atoms with Crippen LogP contribution in [0, 0.1) is 0 Å². The Labute approximate surface area is 134 Å². The summed E-state index contributed by atoms with van der Waals surface area (Å²) in [6.45, 7) is 1.72. The second-order valence-electron chi connectivity index (χ2n) is 5.75. The Kier molecular flexibility index (Phi) is 3.71. The van der Waals surface area contributed by atoms with Gasteiger partial charge in [-0.15, -0.1) is 0 Å². The maximum atomic E-state index is 12.8. The molecule has 2 aliphatic rings. The number of ether oxygens (including phenoxy) is 2. The number of hydrogen-bond acceptors (Lipinski definition) is 4. The minimum absolute atomic E-state index is 0.0456. The molecule has 0 fully saturated rings. The fourth-order valence-corrected chi connectivity index (χ4v) is 3.24. The van der Waals surface area contributed by atoms with Crippen molar-refractivity contribution in [1.82, 2.24) is 4.98 Å². The summed E-state index contributed by atoms with van der Waals surface area (Å²) >= 11 is 0. The van der Waals surface area contributed by atoms with Gasteiger partial charge < -0.3 is 14.4 Å². The molecule has 5 heteroatoms. The minimum atomic E-state index is -0.171. The van der Waals surface area contributed by atoms with E-state index in [1.54, 1.807) is 23.4 Å². The van der Waals surface area contributed by atoms with Gasteiger partial charge in [-0.05, 0) is 17.5 Å². The van der Waals surface area contributed by atoms with Gasteiger partial charge >= 0.3 is 0 Å². The van der Waals surface area contributed by atoms with Crippen molar-refractivity contribution in [3.8, 4) is 5.75 Å². The van der Waals surface area contributed by atoms with E-state index in [0.29, 0.717) is 31.9 Å². The average Bonchev–Trinajstić information content (AvgIpc) is 2.61. The largest absolute Gasteiger partial charge is 0.489 e. The Bertz CT molecular complexity index is 732. The highest BCUT2D eigenvalue weighted by Gasteiger charge is 2.29. The Morgan fingerprint density at radius 3 is 3.13 bits per heavy atom. The van der Waals surface area contributed by atoms with Crippen molar-refractivity contribution >= 4 is 11.6 Å².